The van der Waals surface area contributed by atoms with Crippen LogP contribution in [0.25, 0.3) is 6.08 Å². The average molecular weight is 309 g/mol. The van der Waals surface area contributed by atoms with Gasteiger partial charge in [-0.25, -0.2) is 13.2 Å². The molecule has 0 aliphatic carbocycles. The molecule has 0 bridgehead atoms. The van der Waals surface area contributed by atoms with E-state index < -0.39 is 15.8 Å². The van der Waals surface area contributed by atoms with Crippen LogP contribution in [0.5, 0.6) is 0 Å². The summed E-state index contributed by atoms with van der Waals surface area (Å²) in [5.41, 5.74) is 0.515. The van der Waals surface area contributed by atoms with Crippen molar-refractivity contribution in [1.29, 1.82) is 0 Å². The summed E-state index contributed by atoms with van der Waals surface area (Å²) in [5, 5.41) is 2.79. The van der Waals surface area contributed by atoms with Gasteiger partial charge in [0.05, 0.1) is 17.3 Å². The molecular formula is C15H19NO4S. The zero-order valence-corrected chi connectivity index (χ0v) is 12.7. The lowest BCUT2D eigenvalue weighted by Crippen LogP contribution is -2.36. The van der Waals surface area contributed by atoms with Gasteiger partial charge in [-0.3, -0.25) is 0 Å². The molecular weight excluding hydrogens is 290 g/mol. The molecule has 1 saturated heterocycles. The molecule has 0 unspecified atom stereocenters. The molecule has 1 aliphatic rings. The molecule has 0 radical (unpaired) electrons. The summed E-state index contributed by atoms with van der Waals surface area (Å²) < 4.78 is 30.0. The Morgan fingerprint density at radius 2 is 1.95 bits per heavy atom. The Morgan fingerprint density at radius 1 is 1.29 bits per heavy atom. The molecule has 0 atom stereocenters. The third-order valence-corrected chi connectivity index (χ3v) is 5.88. The number of hydrogen-bond donors (Lipinski definition) is 1. The van der Waals surface area contributed by atoms with E-state index in [4.69, 9.17) is 0 Å². The standard InChI is InChI=1S/C15H19NO4S/c1-20-15(17)7-6-12-4-2-3-5-14(12)21(18,19)13-8-10-16-11-9-13/h2-7,13,16H,8-11H2,1H3. The zero-order chi connectivity index (χ0) is 15.3. The van der Waals surface area contributed by atoms with Gasteiger partial charge < -0.3 is 10.1 Å². The van der Waals surface area contributed by atoms with E-state index in [9.17, 15) is 13.2 Å². The molecule has 1 heterocycles. The van der Waals surface area contributed by atoms with Crippen molar-refractivity contribution in [3.63, 3.8) is 0 Å². The Bertz CT molecular complexity index is 631. The summed E-state index contributed by atoms with van der Waals surface area (Å²) in [6, 6.07) is 6.73. The Labute approximate surface area is 124 Å². The second-order valence-corrected chi connectivity index (χ2v) is 7.09. The van der Waals surface area contributed by atoms with Crippen LogP contribution < -0.4 is 5.32 Å². The first-order valence-electron chi connectivity index (χ1n) is 6.85. The number of piperidine rings is 1. The fourth-order valence-electron chi connectivity index (χ4n) is 2.39. The minimum absolute atomic E-state index is 0.275. The molecule has 1 aromatic rings. The molecule has 1 aromatic carbocycles. The lowest BCUT2D eigenvalue weighted by molar-refractivity contribution is -0.134. The van der Waals surface area contributed by atoms with Gasteiger partial charge in [-0.05, 0) is 43.6 Å². The van der Waals surface area contributed by atoms with Crippen LogP contribution in [0.2, 0.25) is 0 Å². The molecule has 114 valence electrons. The molecule has 6 heteroatoms. The van der Waals surface area contributed by atoms with Gasteiger partial charge in [-0.15, -0.1) is 0 Å². The topological polar surface area (TPSA) is 72.5 Å². The molecule has 0 amide bonds. The van der Waals surface area contributed by atoms with Crippen molar-refractivity contribution in [2.24, 2.45) is 0 Å². The molecule has 21 heavy (non-hydrogen) atoms. The lowest BCUT2D eigenvalue weighted by Gasteiger charge is -2.23. The van der Waals surface area contributed by atoms with Crippen molar-refractivity contribution < 1.29 is 17.9 Å². The summed E-state index contributed by atoms with van der Waals surface area (Å²) in [7, 11) is -2.11. The fraction of sp³-hybridized carbons (Fsp3) is 0.400. The number of esters is 1. The van der Waals surface area contributed by atoms with Crippen LogP contribution in [0.15, 0.2) is 35.2 Å². The first-order valence-corrected chi connectivity index (χ1v) is 8.40. The monoisotopic (exact) mass is 309 g/mol. The number of carbonyl (C=O) groups is 1. The number of nitrogens with one attached hydrogen (secondary N) is 1. The molecule has 1 aliphatic heterocycles. The highest BCUT2D eigenvalue weighted by Gasteiger charge is 2.30. The number of sulfone groups is 1. The van der Waals surface area contributed by atoms with Crippen LogP contribution in [-0.4, -0.2) is 39.8 Å². The highest BCUT2D eigenvalue weighted by Crippen LogP contribution is 2.26. The summed E-state index contributed by atoms with van der Waals surface area (Å²) in [5.74, 6) is -0.510. The van der Waals surface area contributed by atoms with Gasteiger partial charge in [0.15, 0.2) is 9.84 Å². The predicted octanol–water partition coefficient (Wildman–Crippen LogP) is 1.40. The molecule has 0 aromatic heterocycles. The van der Waals surface area contributed by atoms with Crippen molar-refractivity contribution >= 4 is 21.9 Å². The minimum Gasteiger partial charge on any atom is -0.466 e. The normalized spacial score (nSPS) is 17.0. The molecule has 0 saturated carbocycles. The third kappa shape index (κ3) is 3.71. The first kappa shape index (κ1) is 15.7. The van der Waals surface area contributed by atoms with E-state index in [1.165, 1.54) is 19.3 Å². The predicted molar refractivity (Wildman–Crippen MR) is 80.6 cm³/mol. The molecule has 0 spiro atoms. The van der Waals surface area contributed by atoms with Gasteiger partial charge in [0.1, 0.15) is 0 Å². The largest absolute Gasteiger partial charge is 0.466 e. The van der Waals surface area contributed by atoms with Crippen LogP contribution in [0, 0.1) is 0 Å². The maximum absolute atomic E-state index is 12.7. The van der Waals surface area contributed by atoms with Gasteiger partial charge in [-0.2, -0.15) is 0 Å². The van der Waals surface area contributed by atoms with E-state index in [1.54, 1.807) is 24.3 Å². The SMILES string of the molecule is COC(=O)C=Cc1ccccc1S(=O)(=O)C1CCNCC1. The van der Waals surface area contributed by atoms with E-state index in [2.05, 4.69) is 10.1 Å². The number of carbonyl (C=O) groups excluding carboxylic acids is 1. The zero-order valence-electron chi connectivity index (χ0n) is 11.9. The van der Waals surface area contributed by atoms with Gasteiger partial charge in [0, 0.05) is 6.08 Å². The van der Waals surface area contributed by atoms with E-state index >= 15 is 0 Å². The second kappa shape index (κ2) is 6.87. The Morgan fingerprint density at radius 3 is 2.62 bits per heavy atom. The van der Waals surface area contributed by atoms with Crippen LogP contribution in [0.1, 0.15) is 18.4 Å². The lowest BCUT2D eigenvalue weighted by atomic mass is 10.2. The van der Waals surface area contributed by atoms with E-state index in [0.717, 1.165) is 0 Å². The maximum atomic E-state index is 12.7. The van der Waals surface area contributed by atoms with Crippen LogP contribution in [0.3, 0.4) is 0 Å². The Hall–Kier alpha value is -1.66. The number of benzene rings is 1. The van der Waals surface area contributed by atoms with Gasteiger partial charge in [-0.1, -0.05) is 18.2 Å². The average Bonchev–Trinajstić information content (AvgIpc) is 2.53. The quantitative estimate of drug-likeness (QED) is 0.672. The van der Waals surface area contributed by atoms with Crippen molar-refractivity contribution in [3.8, 4) is 0 Å². The van der Waals surface area contributed by atoms with E-state index in [0.29, 0.717) is 31.5 Å². The summed E-state index contributed by atoms with van der Waals surface area (Å²) >= 11 is 0. The minimum atomic E-state index is -3.39. The Kier molecular flexibility index (Phi) is 5.14. The molecule has 1 N–H and O–H groups in total. The van der Waals surface area contributed by atoms with Crippen molar-refractivity contribution in [2.45, 2.75) is 23.0 Å². The highest BCUT2D eigenvalue weighted by molar-refractivity contribution is 7.92. The van der Waals surface area contributed by atoms with Gasteiger partial charge >= 0.3 is 5.97 Å². The molecule has 2 rings (SSSR count). The number of ether oxygens (including phenoxy) is 1. The van der Waals surface area contributed by atoms with Gasteiger partial charge in [0.25, 0.3) is 0 Å². The number of rotatable bonds is 4. The molecule has 1 fully saturated rings. The summed E-state index contributed by atoms with van der Waals surface area (Å²) in [6.07, 6.45) is 3.94. The highest BCUT2D eigenvalue weighted by atomic mass is 32.2. The summed E-state index contributed by atoms with van der Waals surface area (Å²) in [4.78, 5) is 11.5. The smallest absolute Gasteiger partial charge is 0.330 e. The maximum Gasteiger partial charge on any atom is 0.330 e. The number of methoxy groups -OCH3 is 1. The van der Waals surface area contributed by atoms with Crippen LogP contribution in [-0.2, 0) is 19.4 Å². The summed E-state index contributed by atoms with van der Waals surface area (Å²) in [6.45, 7) is 1.42. The van der Waals surface area contributed by atoms with E-state index in [-0.39, 0.29) is 10.1 Å². The van der Waals surface area contributed by atoms with Crippen LogP contribution >= 0.6 is 0 Å². The first-order chi connectivity index (χ1) is 10.1. The second-order valence-electron chi connectivity index (χ2n) is 4.89. The van der Waals surface area contributed by atoms with Crippen molar-refractivity contribution in [1.82, 2.24) is 5.32 Å². The van der Waals surface area contributed by atoms with E-state index in [1.807, 2.05) is 0 Å². The fourth-order valence-corrected chi connectivity index (χ4v) is 4.34. The van der Waals surface area contributed by atoms with Crippen molar-refractivity contribution in [3.05, 3.63) is 35.9 Å². The molecule has 5 nitrogen and oxygen atoms in total. The number of hydrogen-bond acceptors (Lipinski definition) is 5. The third-order valence-electron chi connectivity index (χ3n) is 3.55. The van der Waals surface area contributed by atoms with Crippen LogP contribution in [0.4, 0.5) is 0 Å². The van der Waals surface area contributed by atoms with Crippen molar-refractivity contribution in [2.75, 3.05) is 20.2 Å². The Balaban J connectivity index is 2.34. The van der Waals surface area contributed by atoms with Gasteiger partial charge in [0.2, 0.25) is 0 Å².